The number of rotatable bonds is 3. The van der Waals surface area contributed by atoms with Crippen LogP contribution < -0.4 is 5.73 Å². The maximum absolute atomic E-state index is 5.53. The first-order valence-corrected chi connectivity index (χ1v) is 3.42. The van der Waals surface area contributed by atoms with Gasteiger partial charge < -0.3 is 5.73 Å². The minimum Gasteiger partial charge on any atom is -0.328 e. The molecule has 0 aliphatic rings. The van der Waals surface area contributed by atoms with Gasteiger partial charge in [-0.3, -0.25) is 0 Å². The van der Waals surface area contributed by atoms with E-state index in [0.717, 1.165) is 19.3 Å². The Kier molecular flexibility index (Phi) is 5.35. The van der Waals surface area contributed by atoms with Gasteiger partial charge in [0.2, 0.25) is 0 Å². The maximum atomic E-state index is 5.53. The van der Waals surface area contributed by atoms with Crippen LogP contribution in [0.3, 0.4) is 0 Å². The van der Waals surface area contributed by atoms with E-state index in [4.69, 9.17) is 5.73 Å². The van der Waals surface area contributed by atoms with Crippen LogP contribution in [0.1, 0.15) is 33.1 Å². The molecule has 0 aliphatic heterocycles. The summed E-state index contributed by atoms with van der Waals surface area (Å²) in [4.78, 5) is 0. The van der Waals surface area contributed by atoms with Crippen LogP contribution in [0.15, 0.2) is 0 Å². The predicted molar refractivity (Wildman–Crippen MR) is 41.0 cm³/mol. The van der Waals surface area contributed by atoms with E-state index in [9.17, 15) is 0 Å². The Hall–Kier alpha value is -0.480. The summed E-state index contributed by atoms with van der Waals surface area (Å²) in [5.41, 5.74) is 5.53. The van der Waals surface area contributed by atoms with Gasteiger partial charge in [-0.05, 0) is 26.7 Å². The zero-order chi connectivity index (χ0) is 7.11. The van der Waals surface area contributed by atoms with Crippen LogP contribution in [-0.4, -0.2) is 6.04 Å². The first kappa shape index (κ1) is 8.52. The van der Waals surface area contributed by atoms with Crippen LogP contribution in [0, 0.1) is 11.8 Å². The molecule has 0 bridgehead atoms. The third-order valence-corrected chi connectivity index (χ3v) is 1.14. The predicted octanol–water partition coefficient (Wildman–Crippen LogP) is 1.53. The molecule has 0 aromatic heterocycles. The molecular formula is C8H15N. The molecule has 0 saturated heterocycles. The monoisotopic (exact) mass is 125 g/mol. The highest BCUT2D eigenvalue weighted by molar-refractivity contribution is 4.94. The second-order valence-electron chi connectivity index (χ2n) is 2.30. The fourth-order valence-electron chi connectivity index (χ4n) is 0.637. The summed E-state index contributed by atoms with van der Waals surface area (Å²) < 4.78 is 0. The van der Waals surface area contributed by atoms with Gasteiger partial charge in [0.05, 0.1) is 0 Å². The Labute approximate surface area is 57.6 Å². The summed E-state index contributed by atoms with van der Waals surface area (Å²) in [6.07, 6.45) is 3.23. The van der Waals surface area contributed by atoms with E-state index in [1.54, 1.807) is 0 Å². The number of hydrogen-bond donors (Lipinski definition) is 1. The molecular weight excluding hydrogens is 110 g/mol. The molecule has 52 valence electrons. The Balaban J connectivity index is 2.98. The van der Waals surface area contributed by atoms with Crippen molar-refractivity contribution in [3.8, 4) is 11.8 Å². The van der Waals surface area contributed by atoms with Crippen molar-refractivity contribution >= 4 is 0 Å². The van der Waals surface area contributed by atoms with Crippen LogP contribution in [0.4, 0.5) is 0 Å². The minimum atomic E-state index is 0.337. The van der Waals surface area contributed by atoms with Gasteiger partial charge in [0.1, 0.15) is 0 Å². The minimum absolute atomic E-state index is 0.337. The van der Waals surface area contributed by atoms with Crippen LogP contribution >= 0.6 is 0 Å². The fraction of sp³-hybridized carbons (Fsp3) is 0.750. The first-order valence-electron chi connectivity index (χ1n) is 3.42. The van der Waals surface area contributed by atoms with Crippen molar-refractivity contribution in [2.24, 2.45) is 5.73 Å². The molecule has 0 radical (unpaired) electrons. The van der Waals surface area contributed by atoms with Gasteiger partial charge >= 0.3 is 0 Å². The van der Waals surface area contributed by atoms with Crippen molar-refractivity contribution in [2.75, 3.05) is 0 Å². The quantitative estimate of drug-likeness (QED) is 0.449. The van der Waals surface area contributed by atoms with Crippen molar-refractivity contribution in [3.63, 3.8) is 0 Å². The number of nitrogens with two attached hydrogens (primary N) is 1. The normalized spacial score (nSPS) is 11.9. The summed E-state index contributed by atoms with van der Waals surface area (Å²) in [5.74, 6) is 5.85. The molecule has 1 atom stereocenters. The molecule has 2 N–H and O–H groups in total. The molecule has 1 unspecified atom stereocenters. The fourth-order valence-corrected chi connectivity index (χ4v) is 0.637. The van der Waals surface area contributed by atoms with Crippen LogP contribution in [0.25, 0.3) is 0 Å². The molecule has 0 heterocycles. The summed E-state index contributed by atoms with van der Waals surface area (Å²) in [7, 11) is 0. The van der Waals surface area contributed by atoms with Crippen molar-refractivity contribution < 1.29 is 0 Å². The highest BCUT2D eigenvalue weighted by Gasteiger charge is 1.90. The molecule has 1 nitrogen and oxygen atoms in total. The molecule has 0 fully saturated rings. The Morgan fingerprint density at radius 3 is 2.67 bits per heavy atom. The van der Waals surface area contributed by atoms with E-state index in [-0.39, 0.29) is 0 Å². The molecule has 0 rings (SSSR count). The van der Waals surface area contributed by atoms with Crippen LogP contribution in [-0.2, 0) is 0 Å². The zero-order valence-electron chi connectivity index (χ0n) is 6.28. The van der Waals surface area contributed by atoms with Crippen molar-refractivity contribution in [3.05, 3.63) is 0 Å². The third kappa shape index (κ3) is 7.52. The van der Waals surface area contributed by atoms with Gasteiger partial charge in [0.15, 0.2) is 0 Å². The highest BCUT2D eigenvalue weighted by atomic mass is 14.6. The van der Waals surface area contributed by atoms with Gasteiger partial charge in [-0.25, -0.2) is 0 Å². The lowest BCUT2D eigenvalue weighted by Gasteiger charge is -1.99. The Bertz CT molecular complexity index is 105. The highest BCUT2D eigenvalue weighted by Crippen LogP contribution is 1.95. The van der Waals surface area contributed by atoms with Crippen molar-refractivity contribution in [1.29, 1.82) is 0 Å². The van der Waals surface area contributed by atoms with Crippen LogP contribution in [0.5, 0.6) is 0 Å². The van der Waals surface area contributed by atoms with Gasteiger partial charge in [0.25, 0.3) is 0 Å². The summed E-state index contributed by atoms with van der Waals surface area (Å²) in [6, 6.07) is 0.337. The molecule has 0 amide bonds. The van der Waals surface area contributed by atoms with E-state index in [2.05, 4.69) is 11.8 Å². The molecule has 9 heavy (non-hydrogen) atoms. The Morgan fingerprint density at radius 1 is 1.56 bits per heavy atom. The summed E-state index contributed by atoms with van der Waals surface area (Å²) in [5, 5.41) is 0. The van der Waals surface area contributed by atoms with Crippen LogP contribution in [0.2, 0.25) is 0 Å². The zero-order valence-corrected chi connectivity index (χ0v) is 6.28. The topological polar surface area (TPSA) is 26.0 Å². The summed E-state index contributed by atoms with van der Waals surface area (Å²) >= 11 is 0. The maximum Gasteiger partial charge on any atom is 0.00891 e. The third-order valence-electron chi connectivity index (χ3n) is 1.14. The van der Waals surface area contributed by atoms with Crippen molar-refractivity contribution in [2.45, 2.75) is 39.2 Å². The van der Waals surface area contributed by atoms with E-state index < -0.39 is 0 Å². The van der Waals surface area contributed by atoms with Gasteiger partial charge in [-0.2, -0.15) is 0 Å². The lowest BCUT2D eigenvalue weighted by atomic mass is 10.1. The molecule has 0 aromatic rings. The number of hydrogen-bond acceptors (Lipinski definition) is 1. The van der Waals surface area contributed by atoms with E-state index in [0.29, 0.717) is 6.04 Å². The second-order valence-corrected chi connectivity index (χ2v) is 2.30. The SMILES string of the molecule is CC#CCCCC(C)N. The lowest BCUT2D eigenvalue weighted by Crippen LogP contribution is -2.13. The number of unbranched alkanes of at least 4 members (excludes halogenated alkanes) is 1. The van der Waals surface area contributed by atoms with E-state index in [1.807, 2.05) is 13.8 Å². The largest absolute Gasteiger partial charge is 0.328 e. The molecule has 1 heteroatoms. The van der Waals surface area contributed by atoms with Crippen molar-refractivity contribution in [1.82, 2.24) is 0 Å². The van der Waals surface area contributed by atoms with Gasteiger partial charge in [-0.15, -0.1) is 11.8 Å². The average Bonchev–Trinajstić information content (AvgIpc) is 1.80. The average molecular weight is 125 g/mol. The van der Waals surface area contributed by atoms with Gasteiger partial charge in [-0.1, -0.05) is 0 Å². The molecule has 0 saturated carbocycles. The smallest absolute Gasteiger partial charge is 0.00891 e. The molecule has 0 spiro atoms. The standard InChI is InChI=1S/C8H15N/c1-3-4-5-6-7-8(2)9/h8H,5-7,9H2,1-2H3. The lowest BCUT2D eigenvalue weighted by molar-refractivity contribution is 0.634. The summed E-state index contributed by atoms with van der Waals surface area (Å²) in [6.45, 7) is 3.89. The van der Waals surface area contributed by atoms with E-state index in [1.165, 1.54) is 0 Å². The molecule has 0 aromatic carbocycles. The van der Waals surface area contributed by atoms with E-state index >= 15 is 0 Å². The molecule has 0 aliphatic carbocycles. The van der Waals surface area contributed by atoms with Gasteiger partial charge in [0, 0.05) is 12.5 Å². The second kappa shape index (κ2) is 5.65. The first-order chi connectivity index (χ1) is 4.27. The Morgan fingerprint density at radius 2 is 2.22 bits per heavy atom.